The van der Waals surface area contributed by atoms with Crippen molar-refractivity contribution in [1.82, 2.24) is 10.2 Å². The largest absolute Gasteiger partial charge is 0.476 e. The van der Waals surface area contributed by atoms with E-state index >= 15 is 0 Å². The second-order valence-electron chi connectivity index (χ2n) is 4.48. The van der Waals surface area contributed by atoms with Crippen LogP contribution in [0, 0.1) is 0 Å². The van der Waals surface area contributed by atoms with Gasteiger partial charge in [-0.25, -0.2) is 4.79 Å². The van der Waals surface area contributed by atoms with Crippen molar-refractivity contribution in [3.63, 3.8) is 0 Å². The van der Waals surface area contributed by atoms with E-state index in [0.717, 1.165) is 18.7 Å². The molecule has 1 aliphatic rings. The van der Waals surface area contributed by atoms with Gasteiger partial charge < -0.3 is 10.0 Å². The molecule has 0 radical (unpaired) electrons. The Bertz CT molecular complexity index is 405. The van der Waals surface area contributed by atoms with Crippen molar-refractivity contribution in [1.29, 1.82) is 0 Å². The quantitative estimate of drug-likeness (QED) is 0.867. The van der Waals surface area contributed by atoms with Gasteiger partial charge in [0.1, 0.15) is 0 Å². The molecule has 1 fully saturated rings. The third-order valence-corrected chi connectivity index (χ3v) is 3.39. The minimum absolute atomic E-state index is 0.00588. The van der Waals surface area contributed by atoms with Crippen molar-refractivity contribution < 1.29 is 9.90 Å². The van der Waals surface area contributed by atoms with Gasteiger partial charge in [0.05, 0.1) is 0 Å². The molecule has 2 atom stereocenters. The minimum atomic E-state index is -1.04. The molecule has 17 heavy (non-hydrogen) atoms. The van der Waals surface area contributed by atoms with Gasteiger partial charge in [0, 0.05) is 12.1 Å². The normalized spacial score (nSPS) is 24.0. The first-order valence-electron chi connectivity index (χ1n) is 5.98. The molecule has 0 spiro atoms. The zero-order valence-electron chi connectivity index (χ0n) is 10.1. The molecular weight excluding hydrogens is 218 g/mol. The number of nitrogens with zero attached hydrogens (tertiary/aromatic N) is 3. The summed E-state index contributed by atoms with van der Waals surface area (Å²) in [5.74, 6) is -0.252. The lowest BCUT2D eigenvalue weighted by atomic mass is 10.1. The predicted molar refractivity (Wildman–Crippen MR) is 64.2 cm³/mol. The first kappa shape index (κ1) is 11.8. The van der Waals surface area contributed by atoms with Crippen molar-refractivity contribution in [2.24, 2.45) is 0 Å². The van der Waals surface area contributed by atoms with Crippen molar-refractivity contribution in [2.45, 2.75) is 45.2 Å². The Labute approximate surface area is 100 Å². The van der Waals surface area contributed by atoms with Crippen LogP contribution < -0.4 is 4.90 Å². The summed E-state index contributed by atoms with van der Waals surface area (Å²) < 4.78 is 0. The van der Waals surface area contributed by atoms with Gasteiger partial charge in [0.2, 0.25) is 0 Å². The third-order valence-electron chi connectivity index (χ3n) is 3.39. The van der Waals surface area contributed by atoms with Crippen LogP contribution in [0.25, 0.3) is 0 Å². The standard InChI is InChI=1S/C12H17N3O2/c1-3-9-5-4-8(2)15(9)11-7-6-10(12(16)17)13-14-11/h6-9H,3-5H2,1-2H3,(H,16,17). The highest BCUT2D eigenvalue weighted by Crippen LogP contribution is 2.30. The van der Waals surface area contributed by atoms with Crippen molar-refractivity contribution in [3.05, 3.63) is 17.8 Å². The van der Waals surface area contributed by atoms with Crippen LogP contribution in [0.2, 0.25) is 0 Å². The van der Waals surface area contributed by atoms with E-state index < -0.39 is 5.97 Å². The van der Waals surface area contributed by atoms with E-state index in [0.29, 0.717) is 12.1 Å². The summed E-state index contributed by atoms with van der Waals surface area (Å²) in [4.78, 5) is 13.0. The molecule has 0 aromatic carbocycles. The van der Waals surface area contributed by atoms with Gasteiger partial charge in [-0.2, -0.15) is 0 Å². The van der Waals surface area contributed by atoms with Gasteiger partial charge in [-0.3, -0.25) is 0 Å². The molecule has 2 heterocycles. The van der Waals surface area contributed by atoms with Crippen molar-refractivity contribution in [3.8, 4) is 0 Å². The van der Waals surface area contributed by atoms with E-state index in [9.17, 15) is 4.79 Å². The number of rotatable bonds is 3. The average molecular weight is 235 g/mol. The minimum Gasteiger partial charge on any atom is -0.476 e. The summed E-state index contributed by atoms with van der Waals surface area (Å²) in [5, 5.41) is 16.5. The summed E-state index contributed by atoms with van der Waals surface area (Å²) in [7, 11) is 0. The van der Waals surface area contributed by atoms with Crippen LogP contribution in [-0.4, -0.2) is 33.4 Å². The Balaban J connectivity index is 2.24. The fraction of sp³-hybridized carbons (Fsp3) is 0.583. The van der Waals surface area contributed by atoms with Gasteiger partial charge in [-0.15, -0.1) is 10.2 Å². The SMILES string of the molecule is CCC1CCC(C)N1c1ccc(C(=O)O)nn1. The van der Waals surface area contributed by atoms with Crippen molar-refractivity contribution in [2.75, 3.05) is 4.90 Å². The summed E-state index contributed by atoms with van der Waals surface area (Å²) in [6, 6.07) is 4.21. The molecule has 1 N–H and O–H groups in total. The lowest BCUT2D eigenvalue weighted by molar-refractivity contribution is 0.0689. The highest BCUT2D eigenvalue weighted by Gasteiger charge is 2.30. The smallest absolute Gasteiger partial charge is 0.356 e. The Morgan fingerprint density at radius 1 is 1.47 bits per heavy atom. The summed E-state index contributed by atoms with van der Waals surface area (Å²) in [6.07, 6.45) is 3.40. The van der Waals surface area contributed by atoms with Gasteiger partial charge in [0.15, 0.2) is 11.5 Å². The number of hydrogen-bond acceptors (Lipinski definition) is 4. The first-order chi connectivity index (χ1) is 8.13. The zero-order valence-corrected chi connectivity index (χ0v) is 10.1. The molecule has 1 aromatic rings. The third kappa shape index (κ3) is 2.23. The molecule has 0 amide bonds. The molecule has 0 bridgehead atoms. The molecule has 92 valence electrons. The maximum atomic E-state index is 10.7. The van der Waals surface area contributed by atoms with Gasteiger partial charge in [0.25, 0.3) is 0 Å². The number of carbonyl (C=O) groups is 1. The Morgan fingerprint density at radius 2 is 2.24 bits per heavy atom. The molecular formula is C12H17N3O2. The molecule has 1 aromatic heterocycles. The van der Waals surface area contributed by atoms with E-state index in [-0.39, 0.29) is 5.69 Å². The second kappa shape index (κ2) is 4.69. The van der Waals surface area contributed by atoms with Crippen LogP contribution in [0.5, 0.6) is 0 Å². The van der Waals surface area contributed by atoms with Gasteiger partial charge >= 0.3 is 5.97 Å². The van der Waals surface area contributed by atoms with E-state index in [1.54, 1.807) is 6.07 Å². The Kier molecular flexibility index (Phi) is 3.26. The van der Waals surface area contributed by atoms with Crippen molar-refractivity contribution >= 4 is 11.8 Å². The number of aromatic carboxylic acids is 1. The van der Waals surface area contributed by atoms with Crippen LogP contribution >= 0.6 is 0 Å². The fourth-order valence-corrected chi connectivity index (χ4v) is 2.46. The van der Waals surface area contributed by atoms with Crippen LogP contribution in [0.15, 0.2) is 12.1 Å². The number of carboxylic acid groups (broad SMARTS) is 1. The monoisotopic (exact) mass is 235 g/mol. The Hall–Kier alpha value is -1.65. The van der Waals surface area contributed by atoms with E-state index in [4.69, 9.17) is 5.11 Å². The second-order valence-corrected chi connectivity index (χ2v) is 4.48. The van der Waals surface area contributed by atoms with Gasteiger partial charge in [-0.05, 0) is 38.3 Å². The lowest BCUT2D eigenvalue weighted by Gasteiger charge is -2.28. The number of carboxylic acids is 1. The molecule has 2 unspecified atom stereocenters. The topological polar surface area (TPSA) is 66.3 Å². The molecule has 5 heteroatoms. The maximum Gasteiger partial charge on any atom is 0.356 e. The van der Waals surface area contributed by atoms with Gasteiger partial charge in [-0.1, -0.05) is 6.92 Å². The first-order valence-corrected chi connectivity index (χ1v) is 5.98. The maximum absolute atomic E-state index is 10.7. The van der Waals surface area contributed by atoms with E-state index in [1.165, 1.54) is 12.5 Å². The summed E-state index contributed by atoms with van der Waals surface area (Å²) in [6.45, 7) is 4.33. The zero-order chi connectivity index (χ0) is 12.4. The number of aromatic nitrogens is 2. The van der Waals surface area contributed by atoms with Crippen LogP contribution in [0.1, 0.15) is 43.6 Å². The van der Waals surface area contributed by atoms with E-state index in [2.05, 4.69) is 28.9 Å². The highest BCUT2D eigenvalue weighted by atomic mass is 16.4. The number of hydrogen-bond donors (Lipinski definition) is 1. The predicted octanol–water partition coefficient (Wildman–Crippen LogP) is 1.94. The Morgan fingerprint density at radius 3 is 2.76 bits per heavy atom. The van der Waals surface area contributed by atoms with Crippen LogP contribution in [0.4, 0.5) is 5.82 Å². The highest BCUT2D eigenvalue weighted by molar-refractivity contribution is 5.85. The molecule has 0 saturated carbocycles. The molecule has 1 aliphatic heterocycles. The molecule has 2 rings (SSSR count). The average Bonchev–Trinajstić information content (AvgIpc) is 2.70. The molecule has 5 nitrogen and oxygen atoms in total. The van der Waals surface area contributed by atoms with E-state index in [1.807, 2.05) is 0 Å². The number of anilines is 1. The molecule has 0 aliphatic carbocycles. The van der Waals surface area contributed by atoms with Crippen LogP contribution in [-0.2, 0) is 0 Å². The summed E-state index contributed by atoms with van der Waals surface area (Å²) >= 11 is 0. The summed E-state index contributed by atoms with van der Waals surface area (Å²) in [5.41, 5.74) is -0.00588. The van der Waals surface area contributed by atoms with Crippen LogP contribution in [0.3, 0.4) is 0 Å². The lowest BCUT2D eigenvalue weighted by Crippen LogP contribution is -2.35. The fourth-order valence-electron chi connectivity index (χ4n) is 2.46. The molecule has 1 saturated heterocycles.